The zero-order valence-corrected chi connectivity index (χ0v) is 16.4. The van der Waals surface area contributed by atoms with Crippen molar-refractivity contribution >= 4 is 11.5 Å². The summed E-state index contributed by atoms with van der Waals surface area (Å²) < 4.78 is 2.21. The third kappa shape index (κ3) is 3.63. The molecule has 1 fully saturated rings. The SMILES string of the molecule is O=C(c1cccnc1)N1CC2CC=C(c3ccc(CCn4cccc4)cc3)C2C1. The first-order chi connectivity index (χ1) is 14.3. The molecule has 1 aromatic carbocycles. The first-order valence-corrected chi connectivity index (χ1v) is 10.4. The quantitative estimate of drug-likeness (QED) is 0.659. The van der Waals surface area contributed by atoms with Crippen molar-refractivity contribution in [3.05, 3.63) is 96.1 Å². The first-order valence-electron chi connectivity index (χ1n) is 10.4. The average Bonchev–Trinajstić information content (AvgIpc) is 3.50. The Morgan fingerprint density at radius 2 is 1.86 bits per heavy atom. The fourth-order valence-electron chi connectivity index (χ4n) is 4.70. The van der Waals surface area contributed by atoms with Crippen LogP contribution in [-0.4, -0.2) is 33.4 Å². The minimum atomic E-state index is 0.104. The maximum atomic E-state index is 12.8. The molecule has 3 aromatic rings. The lowest BCUT2D eigenvalue weighted by atomic mass is 9.90. The van der Waals surface area contributed by atoms with Gasteiger partial charge in [0.15, 0.2) is 0 Å². The van der Waals surface area contributed by atoms with Gasteiger partial charge in [-0.15, -0.1) is 0 Å². The summed E-state index contributed by atoms with van der Waals surface area (Å²) in [7, 11) is 0. The van der Waals surface area contributed by atoms with Crippen molar-refractivity contribution in [3.8, 4) is 0 Å². The summed E-state index contributed by atoms with van der Waals surface area (Å²) in [6, 6.07) is 16.8. The van der Waals surface area contributed by atoms with Crippen molar-refractivity contribution in [2.75, 3.05) is 13.1 Å². The Morgan fingerprint density at radius 3 is 2.62 bits per heavy atom. The highest BCUT2D eigenvalue weighted by atomic mass is 16.2. The zero-order valence-electron chi connectivity index (χ0n) is 16.4. The number of rotatable bonds is 5. The predicted octanol–water partition coefficient (Wildman–Crippen LogP) is 4.30. The van der Waals surface area contributed by atoms with Crippen molar-refractivity contribution in [1.82, 2.24) is 14.5 Å². The molecule has 2 aromatic heterocycles. The average molecular weight is 383 g/mol. The molecule has 2 aliphatic rings. The molecule has 3 heterocycles. The normalized spacial score (nSPS) is 20.6. The standard InChI is InChI=1S/C25H25N3O/c29-25(21-4-3-12-26-16-21)28-17-22-9-10-23(24(22)18-28)20-7-5-19(6-8-20)11-15-27-13-1-2-14-27/h1-8,10,12-14,16,22,24H,9,11,15,17-18H2. The second-order valence-electron chi connectivity index (χ2n) is 8.08. The summed E-state index contributed by atoms with van der Waals surface area (Å²) in [4.78, 5) is 18.9. The van der Waals surface area contributed by atoms with E-state index in [4.69, 9.17) is 0 Å². The highest BCUT2D eigenvalue weighted by molar-refractivity contribution is 5.94. The summed E-state index contributed by atoms with van der Waals surface area (Å²) in [5.74, 6) is 1.09. The van der Waals surface area contributed by atoms with Gasteiger partial charge in [-0.25, -0.2) is 0 Å². The molecule has 2 atom stereocenters. The molecule has 0 bridgehead atoms. The molecule has 5 rings (SSSR count). The number of allylic oxidation sites excluding steroid dienone is 1. The van der Waals surface area contributed by atoms with E-state index >= 15 is 0 Å². The maximum Gasteiger partial charge on any atom is 0.255 e. The van der Waals surface area contributed by atoms with Crippen LogP contribution in [0.2, 0.25) is 0 Å². The van der Waals surface area contributed by atoms with E-state index in [0.717, 1.165) is 32.5 Å². The number of carbonyl (C=O) groups is 1. The summed E-state index contributed by atoms with van der Waals surface area (Å²) in [6.07, 6.45) is 12.1. The largest absolute Gasteiger partial charge is 0.354 e. The Balaban J connectivity index is 1.25. The Bertz CT molecular complexity index is 1010. The van der Waals surface area contributed by atoms with E-state index in [1.54, 1.807) is 12.4 Å². The Morgan fingerprint density at radius 1 is 1.03 bits per heavy atom. The highest BCUT2D eigenvalue weighted by Crippen LogP contribution is 2.43. The molecule has 1 amide bonds. The number of pyridine rings is 1. The first kappa shape index (κ1) is 17.9. The van der Waals surface area contributed by atoms with Gasteiger partial charge in [0.2, 0.25) is 0 Å². The summed E-state index contributed by atoms with van der Waals surface area (Å²) in [6.45, 7) is 2.65. The molecule has 1 saturated heterocycles. The van der Waals surface area contributed by atoms with Crippen molar-refractivity contribution in [3.63, 3.8) is 0 Å². The van der Waals surface area contributed by atoms with E-state index in [-0.39, 0.29) is 5.91 Å². The van der Waals surface area contributed by atoms with Gasteiger partial charge in [0.05, 0.1) is 5.56 Å². The minimum Gasteiger partial charge on any atom is -0.354 e. The molecule has 0 saturated carbocycles. The molecule has 29 heavy (non-hydrogen) atoms. The van der Waals surface area contributed by atoms with E-state index in [2.05, 4.69) is 64.4 Å². The van der Waals surface area contributed by atoms with Crippen LogP contribution in [0.25, 0.3) is 5.57 Å². The van der Waals surface area contributed by atoms with Crippen LogP contribution in [0.5, 0.6) is 0 Å². The maximum absolute atomic E-state index is 12.8. The van der Waals surface area contributed by atoms with Crippen LogP contribution in [0.3, 0.4) is 0 Å². The van der Waals surface area contributed by atoms with Crippen molar-refractivity contribution in [1.29, 1.82) is 0 Å². The van der Waals surface area contributed by atoms with E-state index in [1.807, 2.05) is 17.0 Å². The lowest BCUT2D eigenvalue weighted by molar-refractivity contribution is 0.0784. The van der Waals surface area contributed by atoms with Gasteiger partial charge in [0.25, 0.3) is 5.91 Å². The molecular weight excluding hydrogens is 358 g/mol. The van der Waals surface area contributed by atoms with Gasteiger partial charge in [-0.05, 0) is 59.7 Å². The van der Waals surface area contributed by atoms with Gasteiger partial charge >= 0.3 is 0 Å². The van der Waals surface area contributed by atoms with Gasteiger partial charge < -0.3 is 9.47 Å². The Kier molecular flexibility index (Phi) is 4.76. The lowest BCUT2D eigenvalue weighted by Crippen LogP contribution is -2.29. The number of carbonyl (C=O) groups excluding carboxylic acids is 1. The van der Waals surface area contributed by atoms with E-state index in [1.165, 1.54) is 16.7 Å². The van der Waals surface area contributed by atoms with Crippen LogP contribution in [-0.2, 0) is 13.0 Å². The van der Waals surface area contributed by atoms with Gasteiger partial charge in [0, 0.05) is 50.3 Å². The molecule has 4 heteroatoms. The lowest BCUT2D eigenvalue weighted by Gasteiger charge is -2.18. The fraction of sp³-hybridized carbons (Fsp3) is 0.280. The van der Waals surface area contributed by atoms with Gasteiger partial charge in [-0.2, -0.15) is 0 Å². The number of fused-ring (bicyclic) bond motifs is 1. The van der Waals surface area contributed by atoms with Gasteiger partial charge in [0.1, 0.15) is 0 Å². The Hall–Kier alpha value is -3.14. The third-order valence-corrected chi connectivity index (χ3v) is 6.29. The van der Waals surface area contributed by atoms with Gasteiger partial charge in [-0.3, -0.25) is 9.78 Å². The van der Waals surface area contributed by atoms with Crippen LogP contribution < -0.4 is 0 Å². The van der Waals surface area contributed by atoms with Gasteiger partial charge in [-0.1, -0.05) is 30.3 Å². The Labute approximate surface area is 171 Å². The number of nitrogens with zero attached hydrogens (tertiary/aromatic N) is 3. The molecule has 4 nitrogen and oxygen atoms in total. The molecule has 1 aliphatic carbocycles. The van der Waals surface area contributed by atoms with E-state index in [9.17, 15) is 4.79 Å². The molecule has 146 valence electrons. The topological polar surface area (TPSA) is 38.1 Å². The zero-order chi connectivity index (χ0) is 19.6. The molecule has 2 unspecified atom stereocenters. The van der Waals surface area contributed by atoms with Crippen LogP contribution in [0.1, 0.15) is 27.9 Å². The fourth-order valence-corrected chi connectivity index (χ4v) is 4.70. The highest BCUT2D eigenvalue weighted by Gasteiger charge is 2.40. The van der Waals surface area contributed by atoms with Crippen molar-refractivity contribution in [2.45, 2.75) is 19.4 Å². The number of likely N-dealkylation sites (tertiary alicyclic amines) is 1. The summed E-state index contributed by atoms with van der Waals surface area (Å²) in [5.41, 5.74) is 4.76. The molecule has 0 radical (unpaired) electrons. The van der Waals surface area contributed by atoms with E-state index in [0.29, 0.717) is 17.4 Å². The van der Waals surface area contributed by atoms with Crippen LogP contribution in [0.4, 0.5) is 0 Å². The number of hydrogen-bond donors (Lipinski definition) is 0. The minimum absolute atomic E-state index is 0.104. The number of aromatic nitrogens is 2. The van der Waals surface area contributed by atoms with Crippen molar-refractivity contribution < 1.29 is 4.79 Å². The number of benzene rings is 1. The van der Waals surface area contributed by atoms with Crippen LogP contribution in [0.15, 0.2) is 79.4 Å². The summed E-state index contributed by atoms with van der Waals surface area (Å²) in [5, 5.41) is 0. The van der Waals surface area contributed by atoms with Crippen molar-refractivity contribution in [2.24, 2.45) is 11.8 Å². The second kappa shape index (κ2) is 7.70. The second-order valence-corrected chi connectivity index (χ2v) is 8.08. The van der Waals surface area contributed by atoms with Crippen LogP contribution in [0, 0.1) is 11.8 Å². The molecule has 0 spiro atoms. The monoisotopic (exact) mass is 383 g/mol. The molecule has 1 aliphatic heterocycles. The molecule has 0 N–H and O–H groups in total. The number of amides is 1. The van der Waals surface area contributed by atoms with Crippen LogP contribution >= 0.6 is 0 Å². The number of aryl methyl sites for hydroxylation is 2. The smallest absolute Gasteiger partial charge is 0.255 e. The number of hydrogen-bond acceptors (Lipinski definition) is 2. The van der Waals surface area contributed by atoms with E-state index < -0.39 is 0 Å². The summed E-state index contributed by atoms with van der Waals surface area (Å²) >= 11 is 0. The molecular formula is C25H25N3O. The predicted molar refractivity (Wildman–Crippen MR) is 114 cm³/mol. The third-order valence-electron chi connectivity index (χ3n) is 6.29.